The lowest BCUT2D eigenvalue weighted by Gasteiger charge is -2.09. The van der Waals surface area contributed by atoms with Crippen molar-refractivity contribution in [3.05, 3.63) is 66.7 Å². The van der Waals surface area contributed by atoms with Gasteiger partial charge in [-0.1, -0.05) is 0 Å². The maximum Gasteiger partial charge on any atom is 0.416 e. The van der Waals surface area contributed by atoms with Crippen molar-refractivity contribution in [1.82, 2.24) is 18.8 Å². The van der Waals surface area contributed by atoms with Crippen molar-refractivity contribution in [2.45, 2.75) is 11.1 Å². The lowest BCUT2D eigenvalue weighted by Crippen LogP contribution is -2.18. The summed E-state index contributed by atoms with van der Waals surface area (Å²) in [5.74, 6) is 0. The van der Waals surface area contributed by atoms with Crippen molar-refractivity contribution in [2.24, 2.45) is 7.05 Å². The largest absolute Gasteiger partial charge is 0.416 e. The Hall–Kier alpha value is -3.11. The lowest BCUT2D eigenvalue weighted by molar-refractivity contribution is -0.137. The molecule has 0 aliphatic heterocycles. The van der Waals surface area contributed by atoms with Gasteiger partial charge in [0.25, 0.3) is 0 Å². The van der Waals surface area contributed by atoms with E-state index in [0.29, 0.717) is 27.8 Å². The van der Waals surface area contributed by atoms with Crippen molar-refractivity contribution >= 4 is 20.9 Å². The predicted molar refractivity (Wildman–Crippen MR) is 107 cm³/mol. The number of imidazole rings is 1. The summed E-state index contributed by atoms with van der Waals surface area (Å²) in [7, 11) is -0.537. The molecular weight excluding hydrogens is 417 g/mol. The number of aromatic nitrogens is 3. The van der Waals surface area contributed by atoms with Crippen LogP contribution < -0.4 is 4.72 Å². The molecule has 0 radical (unpaired) electrons. The number of benzene rings is 2. The molecule has 0 saturated heterocycles. The molecule has 1 N–H and O–H groups in total. The van der Waals surface area contributed by atoms with E-state index in [-0.39, 0.29) is 4.90 Å². The smallest absolute Gasteiger partial charge is 0.340 e. The third kappa shape index (κ3) is 3.48. The zero-order valence-corrected chi connectivity index (χ0v) is 16.8. The normalized spacial score (nSPS) is 12.6. The first kappa shape index (κ1) is 20.2. The van der Waals surface area contributed by atoms with Crippen molar-refractivity contribution in [2.75, 3.05) is 7.05 Å². The summed E-state index contributed by atoms with van der Waals surface area (Å²) >= 11 is 0. The molecule has 4 aromatic rings. The Balaban J connectivity index is 1.95. The molecule has 2 aromatic heterocycles. The summed E-state index contributed by atoms with van der Waals surface area (Å²) < 4.78 is 69.0. The van der Waals surface area contributed by atoms with Gasteiger partial charge in [-0.3, -0.25) is 0 Å². The van der Waals surface area contributed by atoms with Gasteiger partial charge in [-0.05, 0) is 49.5 Å². The lowest BCUT2D eigenvalue weighted by atomic mass is 10.1. The van der Waals surface area contributed by atoms with E-state index in [2.05, 4.69) is 9.71 Å². The van der Waals surface area contributed by atoms with E-state index in [1.165, 1.54) is 31.3 Å². The predicted octanol–water partition coefficient (Wildman–Crippen LogP) is 3.96. The second-order valence-corrected chi connectivity index (χ2v) is 8.65. The number of nitrogens with one attached hydrogen (secondary N) is 1. The maximum atomic E-state index is 12.9. The van der Waals surface area contributed by atoms with Crippen LogP contribution in [0, 0.1) is 0 Å². The minimum absolute atomic E-state index is 0.0832. The van der Waals surface area contributed by atoms with Gasteiger partial charge < -0.3 is 9.13 Å². The summed E-state index contributed by atoms with van der Waals surface area (Å²) in [6.07, 6.45) is 0.716. The number of aryl methyl sites for hydroxylation is 1. The molecule has 30 heavy (non-hydrogen) atoms. The van der Waals surface area contributed by atoms with Gasteiger partial charge in [-0.2, -0.15) is 13.2 Å². The number of hydrogen-bond acceptors (Lipinski definition) is 3. The van der Waals surface area contributed by atoms with Gasteiger partial charge in [-0.15, -0.1) is 0 Å². The zero-order valence-electron chi connectivity index (χ0n) is 16.0. The summed E-state index contributed by atoms with van der Waals surface area (Å²) in [6.45, 7) is 0. The molecule has 2 heterocycles. The van der Waals surface area contributed by atoms with Crippen LogP contribution in [-0.4, -0.2) is 29.6 Å². The van der Waals surface area contributed by atoms with Crippen LogP contribution >= 0.6 is 0 Å². The fourth-order valence-electron chi connectivity index (χ4n) is 3.27. The molecule has 0 aliphatic rings. The van der Waals surface area contributed by atoms with Gasteiger partial charge in [0.15, 0.2) is 0 Å². The van der Waals surface area contributed by atoms with Crippen LogP contribution in [0.1, 0.15) is 5.56 Å². The Bertz CT molecular complexity index is 1340. The molecule has 0 bridgehead atoms. The third-order valence-electron chi connectivity index (χ3n) is 4.81. The molecule has 0 atom stereocenters. The molecule has 0 spiro atoms. The second-order valence-electron chi connectivity index (χ2n) is 6.77. The van der Waals surface area contributed by atoms with Crippen LogP contribution in [0.4, 0.5) is 13.2 Å². The Labute approximate surface area is 170 Å². The average Bonchev–Trinajstić information content (AvgIpc) is 3.30. The van der Waals surface area contributed by atoms with Crippen molar-refractivity contribution in [3.8, 4) is 16.9 Å². The molecule has 0 aliphatic carbocycles. The molecule has 10 heteroatoms. The van der Waals surface area contributed by atoms with Crippen molar-refractivity contribution < 1.29 is 21.6 Å². The van der Waals surface area contributed by atoms with Gasteiger partial charge in [0.1, 0.15) is 0 Å². The molecule has 0 saturated carbocycles. The van der Waals surface area contributed by atoms with Crippen molar-refractivity contribution in [1.29, 1.82) is 0 Å². The van der Waals surface area contributed by atoms with E-state index in [9.17, 15) is 21.6 Å². The highest BCUT2D eigenvalue weighted by Crippen LogP contribution is 2.35. The fraction of sp³-hybridized carbons (Fsp3) is 0.150. The highest BCUT2D eigenvalue weighted by atomic mass is 32.2. The molecular formula is C20H17F3N4O2S. The minimum atomic E-state index is -4.42. The standard InChI is InChI=1S/C20H17F3N4O2S/c1-24-30(28,29)15-7-8-19-16(9-15)17(18-11-26(2)12-25-18)10-27(19)14-5-3-13(4-6-14)20(21,22)23/h3-12,24H,1-2H3. The average molecular weight is 434 g/mol. The van der Waals surface area contributed by atoms with Gasteiger partial charge in [0, 0.05) is 36.1 Å². The van der Waals surface area contributed by atoms with Crippen LogP contribution in [0.25, 0.3) is 27.8 Å². The van der Waals surface area contributed by atoms with Crippen LogP contribution in [0.5, 0.6) is 0 Å². The molecule has 0 unspecified atom stereocenters. The molecule has 4 rings (SSSR count). The number of halogens is 3. The van der Waals surface area contributed by atoms with E-state index < -0.39 is 21.8 Å². The van der Waals surface area contributed by atoms with Crippen LogP contribution in [-0.2, 0) is 23.2 Å². The third-order valence-corrected chi connectivity index (χ3v) is 6.22. The number of rotatable bonds is 4. The molecule has 2 aromatic carbocycles. The van der Waals surface area contributed by atoms with Gasteiger partial charge in [0.05, 0.1) is 28.0 Å². The maximum absolute atomic E-state index is 12.9. The number of fused-ring (bicyclic) bond motifs is 1. The minimum Gasteiger partial charge on any atom is -0.340 e. The Morgan fingerprint density at radius 2 is 1.73 bits per heavy atom. The number of sulfonamides is 1. The van der Waals surface area contributed by atoms with Crippen LogP contribution in [0.2, 0.25) is 0 Å². The van der Waals surface area contributed by atoms with E-state index in [1.807, 2.05) is 7.05 Å². The number of alkyl halides is 3. The monoisotopic (exact) mass is 434 g/mol. The van der Waals surface area contributed by atoms with E-state index in [4.69, 9.17) is 0 Å². The number of nitrogens with zero attached hydrogens (tertiary/aromatic N) is 3. The zero-order chi connectivity index (χ0) is 21.7. The van der Waals surface area contributed by atoms with E-state index >= 15 is 0 Å². The Morgan fingerprint density at radius 3 is 2.30 bits per heavy atom. The molecule has 156 valence electrons. The first-order valence-corrected chi connectivity index (χ1v) is 10.3. The summed E-state index contributed by atoms with van der Waals surface area (Å²) in [6, 6.07) is 9.40. The number of hydrogen-bond donors (Lipinski definition) is 1. The highest BCUT2D eigenvalue weighted by Gasteiger charge is 2.30. The van der Waals surface area contributed by atoms with Crippen molar-refractivity contribution in [3.63, 3.8) is 0 Å². The first-order chi connectivity index (χ1) is 14.1. The Morgan fingerprint density at radius 1 is 1.03 bits per heavy atom. The summed E-state index contributed by atoms with van der Waals surface area (Å²) in [4.78, 5) is 4.42. The van der Waals surface area contributed by atoms with Gasteiger partial charge in [-0.25, -0.2) is 18.1 Å². The summed E-state index contributed by atoms with van der Waals surface area (Å²) in [5.41, 5.74) is 1.70. The first-order valence-electron chi connectivity index (χ1n) is 8.85. The van der Waals surface area contributed by atoms with Crippen LogP contribution in [0.3, 0.4) is 0 Å². The molecule has 0 amide bonds. The SMILES string of the molecule is CNS(=O)(=O)c1ccc2c(c1)c(-c1cn(C)cn1)cn2-c1ccc(C(F)(F)F)cc1. The molecule has 0 fully saturated rings. The Kier molecular flexibility index (Phi) is 4.70. The quantitative estimate of drug-likeness (QED) is 0.529. The topological polar surface area (TPSA) is 68.9 Å². The second kappa shape index (κ2) is 6.99. The van der Waals surface area contributed by atoms with Gasteiger partial charge in [0.2, 0.25) is 10.0 Å². The van der Waals surface area contributed by atoms with E-state index in [0.717, 1.165) is 12.1 Å². The fourth-order valence-corrected chi connectivity index (χ4v) is 4.03. The summed E-state index contributed by atoms with van der Waals surface area (Å²) in [5, 5.41) is 0.616. The van der Waals surface area contributed by atoms with E-state index in [1.54, 1.807) is 33.9 Å². The van der Waals surface area contributed by atoms with Gasteiger partial charge >= 0.3 is 6.18 Å². The highest BCUT2D eigenvalue weighted by molar-refractivity contribution is 7.89. The molecule has 6 nitrogen and oxygen atoms in total. The van der Waals surface area contributed by atoms with Crippen LogP contribution in [0.15, 0.2) is 66.1 Å².